The summed E-state index contributed by atoms with van der Waals surface area (Å²) in [6, 6.07) is 1.51. The van der Waals surface area contributed by atoms with E-state index in [0.29, 0.717) is 0 Å². The molecule has 2 aromatic rings. The van der Waals surface area contributed by atoms with E-state index in [4.69, 9.17) is 5.11 Å². The smallest absolute Gasteiger partial charge is 0.355 e. The topological polar surface area (TPSA) is 80.9 Å². The Bertz CT molecular complexity index is 475. The van der Waals surface area contributed by atoms with Crippen molar-refractivity contribution in [3.05, 3.63) is 18.0 Å². The van der Waals surface area contributed by atoms with E-state index in [1.807, 2.05) is 0 Å². The van der Waals surface area contributed by atoms with Crippen LogP contribution in [-0.2, 0) is 7.05 Å². The molecule has 1 N–H and O–H groups in total. The zero-order valence-electron chi connectivity index (χ0n) is 7.21. The fourth-order valence-electron chi connectivity index (χ4n) is 1.01. The third-order valence-corrected chi connectivity index (χ3v) is 2.51. The summed E-state index contributed by atoms with van der Waals surface area (Å²) in [7, 11) is 1.74. The van der Waals surface area contributed by atoms with Crippen molar-refractivity contribution in [2.75, 3.05) is 0 Å². The lowest BCUT2D eigenvalue weighted by Crippen LogP contribution is -1.95. The standard InChI is InChI=1S/C7H6N4O2S/c1-11-5(3-8-10-11)6-2-4(7(12)13)9-14-6/h2-3H,1H3,(H,12,13). The lowest BCUT2D eigenvalue weighted by molar-refractivity contribution is 0.0692. The van der Waals surface area contributed by atoms with E-state index in [1.54, 1.807) is 17.9 Å². The first-order chi connectivity index (χ1) is 6.68. The predicted octanol–water partition coefficient (Wildman–Crippen LogP) is 0.637. The fraction of sp³-hybridized carbons (Fsp3) is 0.143. The second kappa shape index (κ2) is 3.18. The van der Waals surface area contributed by atoms with E-state index in [-0.39, 0.29) is 5.69 Å². The zero-order valence-corrected chi connectivity index (χ0v) is 8.02. The summed E-state index contributed by atoms with van der Waals surface area (Å²) in [4.78, 5) is 11.3. The Morgan fingerprint density at radius 3 is 2.93 bits per heavy atom. The maximum atomic E-state index is 10.6. The number of aromatic nitrogens is 4. The van der Waals surface area contributed by atoms with Gasteiger partial charge in [0, 0.05) is 7.05 Å². The molecule has 2 rings (SSSR count). The van der Waals surface area contributed by atoms with Crippen molar-refractivity contribution >= 4 is 17.5 Å². The SMILES string of the molecule is Cn1nncc1-c1cc(C(=O)O)ns1. The number of carbonyl (C=O) groups is 1. The van der Waals surface area contributed by atoms with Crippen LogP contribution in [0, 0.1) is 0 Å². The summed E-state index contributed by atoms with van der Waals surface area (Å²) in [6.45, 7) is 0. The maximum absolute atomic E-state index is 10.6. The van der Waals surface area contributed by atoms with Crippen LogP contribution in [-0.4, -0.2) is 30.4 Å². The molecule has 0 saturated heterocycles. The van der Waals surface area contributed by atoms with Gasteiger partial charge in [0.1, 0.15) is 0 Å². The molecule has 0 fully saturated rings. The minimum absolute atomic E-state index is 0.0474. The van der Waals surface area contributed by atoms with Crippen LogP contribution < -0.4 is 0 Å². The van der Waals surface area contributed by atoms with E-state index in [9.17, 15) is 4.79 Å². The molecule has 2 aromatic heterocycles. The summed E-state index contributed by atoms with van der Waals surface area (Å²) in [5, 5.41) is 16.1. The molecular formula is C7H6N4O2S. The van der Waals surface area contributed by atoms with Gasteiger partial charge in [-0.05, 0) is 17.6 Å². The molecule has 7 heteroatoms. The van der Waals surface area contributed by atoms with Crippen molar-refractivity contribution in [1.82, 2.24) is 19.4 Å². The van der Waals surface area contributed by atoms with Crippen LogP contribution in [0.25, 0.3) is 10.6 Å². The Labute approximate surface area is 83.0 Å². The van der Waals surface area contributed by atoms with Gasteiger partial charge >= 0.3 is 5.97 Å². The van der Waals surface area contributed by atoms with Gasteiger partial charge in [-0.15, -0.1) is 5.10 Å². The number of carboxylic acids is 1. The third kappa shape index (κ3) is 1.37. The Morgan fingerprint density at radius 1 is 1.64 bits per heavy atom. The summed E-state index contributed by atoms with van der Waals surface area (Å²) < 4.78 is 5.35. The average Bonchev–Trinajstić information content (AvgIpc) is 2.71. The van der Waals surface area contributed by atoms with Crippen LogP contribution in [0.4, 0.5) is 0 Å². The van der Waals surface area contributed by atoms with E-state index in [0.717, 1.165) is 22.1 Å². The van der Waals surface area contributed by atoms with Crippen LogP contribution in [0.1, 0.15) is 10.5 Å². The molecule has 0 unspecified atom stereocenters. The number of aromatic carboxylic acids is 1. The monoisotopic (exact) mass is 210 g/mol. The van der Waals surface area contributed by atoms with Crippen molar-refractivity contribution in [2.24, 2.45) is 7.05 Å². The highest BCUT2D eigenvalue weighted by Gasteiger charge is 2.12. The van der Waals surface area contributed by atoms with Gasteiger partial charge in [-0.3, -0.25) is 0 Å². The van der Waals surface area contributed by atoms with Gasteiger partial charge in [-0.1, -0.05) is 5.21 Å². The van der Waals surface area contributed by atoms with E-state index in [1.165, 1.54) is 6.07 Å². The van der Waals surface area contributed by atoms with Crippen molar-refractivity contribution in [3.63, 3.8) is 0 Å². The molecule has 0 aliphatic rings. The molecule has 0 radical (unpaired) electrons. The molecule has 2 heterocycles. The van der Waals surface area contributed by atoms with Crippen LogP contribution in [0.15, 0.2) is 12.3 Å². The Morgan fingerprint density at radius 2 is 2.43 bits per heavy atom. The highest BCUT2D eigenvalue weighted by atomic mass is 32.1. The number of carboxylic acid groups (broad SMARTS) is 1. The van der Waals surface area contributed by atoms with Gasteiger partial charge in [0.05, 0.1) is 16.8 Å². The average molecular weight is 210 g/mol. The van der Waals surface area contributed by atoms with Crippen molar-refractivity contribution in [3.8, 4) is 10.6 Å². The molecule has 14 heavy (non-hydrogen) atoms. The van der Waals surface area contributed by atoms with Gasteiger partial charge in [-0.25, -0.2) is 9.48 Å². The maximum Gasteiger partial charge on any atom is 0.355 e. The molecule has 0 spiro atoms. The number of hydrogen-bond acceptors (Lipinski definition) is 5. The Kier molecular flexibility index (Phi) is 2.01. The molecule has 0 saturated carbocycles. The lowest BCUT2D eigenvalue weighted by Gasteiger charge is -1.92. The van der Waals surface area contributed by atoms with E-state index >= 15 is 0 Å². The molecule has 0 amide bonds. The highest BCUT2D eigenvalue weighted by Crippen LogP contribution is 2.22. The number of nitrogens with zero attached hydrogens (tertiary/aromatic N) is 4. The number of aryl methyl sites for hydroxylation is 1. The number of hydrogen-bond donors (Lipinski definition) is 1. The Hall–Kier alpha value is -1.76. The molecule has 0 aromatic carbocycles. The second-order valence-electron chi connectivity index (χ2n) is 2.62. The predicted molar refractivity (Wildman–Crippen MR) is 49.1 cm³/mol. The molecule has 6 nitrogen and oxygen atoms in total. The summed E-state index contributed by atoms with van der Waals surface area (Å²) in [5.41, 5.74) is 0.807. The largest absolute Gasteiger partial charge is 0.476 e. The summed E-state index contributed by atoms with van der Waals surface area (Å²) >= 11 is 1.12. The Balaban J connectivity index is 2.43. The minimum Gasteiger partial charge on any atom is -0.476 e. The quantitative estimate of drug-likeness (QED) is 0.786. The van der Waals surface area contributed by atoms with E-state index < -0.39 is 5.97 Å². The van der Waals surface area contributed by atoms with Crippen LogP contribution in [0.3, 0.4) is 0 Å². The fourth-order valence-corrected chi connectivity index (χ4v) is 1.78. The molecule has 0 aliphatic carbocycles. The highest BCUT2D eigenvalue weighted by molar-refractivity contribution is 7.09. The molecule has 0 bridgehead atoms. The second-order valence-corrected chi connectivity index (χ2v) is 3.43. The minimum atomic E-state index is -1.03. The van der Waals surface area contributed by atoms with Crippen LogP contribution in [0.5, 0.6) is 0 Å². The number of rotatable bonds is 2. The van der Waals surface area contributed by atoms with Crippen molar-refractivity contribution in [2.45, 2.75) is 0 Å². The van der Waals surface area contributed by atoms with Crippen molar-refractivity contribution in [1.29, 1.82) is 0 Å². The zero-order chi connectivity index (χ0) is 10.1. The van der Waals surface area contributed by atoms with E-state index in [2.05, 4.69) is 14.7 Å². The molecule has 0 atom stereocenters. The first kappa shape index (κ1) is 8.82. The van der Waals surface area contributed by atoms with Gasteiger partial charge in [0.25, 0.3) is 0 Å². The first-order valence-electron chi connectivity index (χ1n) is 3.73. The van der Waals surface area contributed by atoms with Gasteiger partial charge < -0.3 is 5.11 Å². The van der Waals surface area contributed by atoms with Crippen LogP contribution >= 0.6 is 11.5 Å². The van der Waals surface area contributed by atoms with Gasteiger partial charge in [0.15, 0.2) is 5.69 Å². The summed E-state index contributed by atoms with van der Waals surface area (Å²) in [5.74, 6) is -1.03. The third-order valence-electron chi connectivity index (χ3n) is 1.70. The van der Waals surface area contributed by atoms with Crippen molar-refractivity contribution < 1.29 is 9.90 Å². The molecule has 0 aliphatic heterocycles. The molecular weight excluding hydrogens is 204 g/mol. The lowest BCUT2D eigenvalue weighted by atomic mass is 10.3. The van der Waals surface area contributed by atoms with Gasteiger partial charge in [0.2, 0.25) is 0 Å². The van der Waals surface area contributed by atoms with Crippen LogP contribution in [0.2, 0.25) is 0 Å². The molecule has 72 valence electrons. The summed E-state index contributed by atoms with van der Waals surface area (Å²) in [6.07, 6.45) is 1.57. The first-order valence-corrected chi connectivity index (χ1v) is 4.51. The normalized spacial score (nSPS) is 10.4. The van der Waals surface area contributed by atoms with Gasteiger partial charge in [-0.2, -0.15) is 4.37 Å².